The van der Waals surface area contributed by atoms with Crippen molar-refractivity contribution < 1.29 is 69.3 Å². The summed E-state index contributed by atoms with van der Waals surface area (Å²) in [6.07, 6.45) is -24.7. The molecule has 1 saturated carbocycles. The molecule has 3 saturated heterocycles. The van der Waals surface area contributed by atoms with E-state index in [1.807, 2.05) is 0 Å². The molecule has 1 aliphatic carbocycles. The lowest BCUT2D eigenvalue weighted by atomic mass is 9.83. The zero-order chi connectivity index (χ0) is 42.5. The van der Waals surface area contributed by atoms with Crippen molar-refractivity contribution in [1.29, 1.82) is 0 Å². The van der Waals surface area contributed by atoms with Crippen LogP contribution in [-0.2, 0) is 28.4 Å². The molecule has 0 unspecified atom stereocenters. The summed E-state index contributed by atoms with van der Waals surface area (Å²) < 4.78 is 35.8. The fraction of sp³-hybridized carbons (Fsp3) is 0.821. The minimum Gasteiger partial charge on any atom is -0.394 e. The van der Waals surface area contributed by atoms with Crippen molar-refractivity contribution in [3.05, 3.63) is 0 Å². The second-order valence-corrected chi connectivity index (χ2v) is 13.6. The van der Waals surface area contributed by atoms with Gasteiger partial charge in [-0.1, -0.05) is 0 Å². The van der Waals surface area contributed by atoms with Gasteiger partial charge < -0.3 is 127 Å². The molecule has 29 heteroatoms. The Hall–Kier alpha value is -4.21. The third-order valence-corrected chi connectivity index (χ3v) is 9.46. The van der Waals surface area contributed by atoms with Crippen LogP contribution in [0.3, 0.4) is 0 Å². The molecule has 4 aliphatic rings. The van der Waals surface area contributed by atoms with Gasteiger partial charge in [0, 0.05) is 0 Å². The zero-order valence-corrected chi connectivity index (χ0v) is 30.3. The number of aliphatic hydroxyl groups is 8. The summed E-state index contributed by atoms with van der Waals surface area (Å²) in [5.74, 6) is -2.36. The molecular formula is C28H55N15O14. The Kier molecular flexibility index (Phi) is 15.6. The lowest BCUT2D eigenvalue weighted by Crippen LogP contribution is -2.64. The first-order valence-corrected chi connectivity index (χ1v) is 17.4. The second-order valence-electron chi connectivity index (χ2n) is 13.6. The Morgan fingerprint density at radius 3 is 1.39 bits per heavy atom. The maximum absolute atomic E-state index is 11.7. The van der Waals surface area contributed by atoms with Gasteiger partial charge in [-0.3, -0.25) is 4.99 Å². The number of nitrogens with zero attached hydrogens (tertiary/aromatic N) is 5. The van der Waals surface area contributed by atoms with Gasteiger partial charge in [0.2, 0.25) is 0 Å². The number of nitrogens with two attached hydrogens (primary N) is 10. The summed E-state index contributed by atoms with van der Waals surface area (Å²) in [6.45, 7) is -1.97. The van der Waals surface area contributed by atoms with Crippen molar-refractivity contribution in [2.45, 2.75) is 123 Å². The predicted molar refractivity (Wildman–Crippen MR) is 194 cm³/mol. The molecule has 57 heavy (non-hydrogen) atoms. The standard InChI is InChI=1S/C28H55N15O14/c29-24(30)39-2-7-13(47)15(49)10(42-27(35)36)21(52-7)56-19-9(4-45)54-23(17(19)51)57-20-12(46)5(40-25(31)32)1-6(41-26(33)34)18(20)55-22-11(43-28(37)38)16(50)14(48)8(3-44)53-22/h5-23,44-51H,1-4H2,(H4,29,30,39)(H4,31,32,40)(H4,33,34,41)(H4,35,36,42)(H4,37,38,43)/t5-,6+,7+,8-,9-,10-,11-,12+,13-,14-,15-,16-,17-,18-,19-,20-,21-,22-,23+/m1/s1. The monoisotopic (exact) mass is 825 g/mol. The highest BCUT2D eigenvalue weighted by Gasteiger charge is 2.56. The van der Waals surface area contributed by atoms with Crippen LogP contribution in [0.5, 0.6) is 0 Å². The third-order valence-electron chi connectivity index (χ3n) is 9.46. The molecule has 0 bridgehead atoms. The van der Waals surface area contributed by atoms with Crippen LogP contribution < -0.4 is 57.3 Å². The van der Waals surface area contributed by atoms with E-state index in [1.54, 1.807) is 0 Å². The second kappa shape index (κ2) is 19.5. The van der Waals surface area contributed by atoms with Crippen LogP contribution in [0, 0.1) is 0 Å². The van der Waals surface area contributed by atoms with Gasteiger partial charge in [-0.15, -0.1) is 0 Å². The third kappa shape index (κ3) is 10.8. The molecule has 28 N–H and O–H groups in total. The molecule has 0 amide bonds. The van der Waals surface area contributed by atoms with E-state index in [4.69, 9.17) is 85.8 Å². The van der Waals surface area contributed by atoms with Crippen molar-refractivity contribution >= 4 is 29.8 Å². The van der Waals surface area contributed by atoms with Gasteiger partial charge in [0.05, 0.1) is 31.8 Å². The fourth-order valence-corrected chi connectivity index (χ4v) is 6.89. The molecule has 0 radical (unpaired) electrons. The minimum atomic E-state index is -1.86. The number of guanidine groups is 5. The van der Waals surface area contributed by atoms with Crippen LogP contribution in [0.25, 0.3) is 0 Å². The van der Waals surface area contributed by atoms with Crippen LogP contribution in [-0.4, -0.2) is 207 Å². The summed E-state index contributed by atoms with van der Waals surface area (Å²) in [5, 5.41) is 86.6. The first-order valence-electron chi connectivity index (χ1n) is 17.4. The van der Waals surface area contributed by atoms with Crippen LogP contribution in [0.15, 0.2) is 25.0 Å². The molecule has 4 fully saturated rings. The average molecular weight is 826 g/mol. The molecule has 0 aromatic heterocycles. The Morgan fingerprint density at radius 1 is 0.456 bits per heavy atom. The van der Waals surface area contributed by atoms with Gasteiger partial charge in [0.25, 0.3) is 0 Å². The Balaban J connectivity index is 1.71. The number of hydrogen-bond acceptors (Lipinski definition) is 19. The molecule has 0 aromatic carbocycles. The minimum absolute atomic E-state index is 0.213. The van der Waals surface area contributed by atoms with Gasteiger partial charge in [-0.25, -0.2) is 20.0 Å². The highest BCUT2D eigenvalue weighted by atomic mass is 16.8. The maximum Gasteiger partial charge on any atom is 0.187 e. The zero-order valence-electron chi connectivity index (χ0n) is 30.3. The van der Waals surface area contributed by atoms with Gasteiger partial charge in [-0.05, 0) is 6.42 Å². The van der Waals surface area contributed by atoms with E-state index in [-0.39, 0.29) is 18.9 Å². The fourth-order valence-electron chi connectivity index (χ4n) is 6.89. The van der Waals surface area contributed by atoms with Crippen molar-refractivity contribution in [1.82, 2.24) is 0 Å². The SMILES string of the molecule is NC(N)=NC[C@@H]1O[C@H](O[C@H]2[C@@H](O)[C@H](O[C@@H]3[C@@H](O)[C@H](N=C(N)N)C[C@H](N=C(N)N)[C@H]3O[C@H]3O[C@H](CO)[C@@H](O)[C@H](O)[C@H]3N=C(N)N)O[C@@H]2CO)[C@H](N=C(N)N)[C@@H](O)[C@@H]1O. The van der Waals surface area contributed by atoms with E-state index >= 15 is 0 Å². The summed E-state index contributed by atoms with van der Waals surface area (Å²) in [5.41, 5.74) is 55.9. The number of hydrogen-bond donors (Lipinski definition) is 18. The van der Waals surface area contributed by atoms with Gasteiger partial charge in [-0.2, -0.15) is 0 Å². The molecule has 326 valence electrons. The average Bonchev–Trinajstić information content (AvgIpc) is 3.42. The lowest BCUT2D eigenvalue weighted by molar-refractivity contribution is -0.310. The summed E-state index contributed by atoms with van der Waals surface area (Å²) >= 11 is 0. The van der Waals surface area contributed by atoms with Crippen LogP contribution in [0.1, 0.15) is 6.42 Å². The summed E-state index contributed by atoms with van der Waals surface area (Å²) in [6, 6.07) is -5.45. The predicted octanol–water partition coefficient (Wildman–Crippen LogP) is -12.3. The van der Waals surface area contributed by atoms with Gasteiger partial charge in [0.15, 0.2) is 48.7 Å². The summed E-state index contributed by atoms with van der Waals surface area (Å²) in [7, 11) is 0. The van der Waals surface area contributed by atoms with E-state index < -0.39 is 153 Å². The van der Waals surface area contributed by atoms with Crippen molar-refractivity contribution in [2.75, 3.05) is 19.8 Å². The molecule has 0 aromatic rings. The Bertz CT molecular complexity index is 1480. The highest BCUT2D eigenvalue weighted by Crippen LogP contribution is 2.37. The molecule has 0 spiro atoms. The van der Waals surface area contributed by atoms with Crippen molar-refractivity contribution in [2.24, 2.45) is 82.3 Å². The molecule has 4 rings (SSSR count). The molecule has 3 heterocycles. The lowest BCUT2D eigenvalue weighted by Gasteiger charge is -2.47. The molecule has 3 aliphatic heterocycles. The molecular weight excluding hydrogens is 770 g/mol. The van der Waals surface area contributed by atoms with Crippen LogP contribution in [0.2, 0.25) is 0 Å². The summed E-state index contributed by atoms with van der Waals surface area (Å²) in [4.78, 5) is 19.9. The maximum atomic E-state index is 11.7. The van der Waals surface area contributed by atoms with E-state index in [0.29, 0.717) is 0 Å². The molecule has 29 nitrogen and oxygen atoms in total. The van der Waals surface area contributed by atoms with Gasteiger partial charge in [0.1, 0.15) is 85.3 Å². The largest absolute Gasteiger partial charge is 0.394 e. The number of ether oxygens (including phenoxy) is 6. The normalized spacial score (nSPS) is 42.0. The first-order chi connectivity index (χ1) is 26.8. The highest BCUT2D eigenvalue weighted by molar-refractivity contribution is 5.77. The van der Waals surface area contributed by atoms with E-state index in [2.05, 4.69) is 25.0 Å². The van der Waals surface area contributed by atoms with E-state index in [9.17, 15) is 40.9 Å². The number of rotatable bonds is 14. The van der Waals surface area contributed by atoms with Gasteiger partial charge >= 0.3 is 0 Å². The van der Waals surface area contributed by atoms with E-state index in [0.717, 1.165) is 0 Å². The smallest absolute Gasteiger partial charge is 0.187 e. The topological polar surface area (TPSA) is 539 Å². The Morgan fingerprint density at radius 2 is 0.895 bits per heavy atom. The first kappa shape index (κ1) is 45.5. The van der Waals surface area contributed by atoms with E-state index in [1.165, 1.54) is 0 Å². The number of aliphatic hydroxyl groups excluding tert-OH is 8. The van der Waals surface area contributed by atoms with Crippen LogP contribution in [0.4, 0.5) is 0 Å². The van der Waals surface area contributed by atoms with Crippen molar-refractivity contribution in [3.8, 4) is 0 Å². The quantitative estimate of drug-likeness (QED) is 0.0571. The Labute approximate surface area is 323 Å². The molecule has 19 atom stereocenters. The van der Waals surface area contributed by atoms with Crippen LogP contribution >= 0.6 is 0 Å². The number of aliphatic imine (C=N–C) groups is 5. The van der Waals surface area contributed by atoms with Crippen molar-refractivity contribution in [3.63, 3.8) is 0 Å².